The number of urea groups is 1. The summed E-state index contributed by atoms with van der Waals surface area (Å²) in [5.74, 6) is 2.70. The molecular formula is C19H29N3O3S. The summed E-state index contributed by atoms with van der Waals surface area (Å²) in [7, 11) is 0. The summed E-state index contributed by atoms with van der Waals surface area (Å²) in [5.41, 5.74) is 0.669. The van der Waals surface area contributed by atoms with Gasteiger partial charge in [-0.1, -0.05) is 12.1 Å². The molecule has 1 aromatic carbocycles. The third-order valence-corrected chi connectivity index (χ3v) is 6.35. The van der Waals surface area contributed by atoms with Gasteiger partial charge in [0.2, 0.25) is 0 Å². The highest BCUT2D eigenvalue weighted by Gasteiger charge is 2.27. The van der Waals surface area contributed by atoms with Crippen molar-refractivity contribution in [2.45, 2.75) is 43.9 Å². The van der Waals surface area contributed by atoms with Crippen LogP contribution in [0.5, 0.6) is 5.75 Å². The number of hydrogen-bond donors (Lipinski definition) is 4. The number of aliphatic hydroxyl groups is 1. The molecule has 0 saturated carbocycles. The van der Waals surface area contributed by atoms with Crippen LogP contribution in [0.1, 0.15) is 37.4 Å². The molecular weight excluding hydrogens is 350 g/mol. The van der Waals surface area contributed by atoms with Gasteiger partial charge in [-0.05, 0) is 54.9 Å². The zero-order valence-electron chi connectivity index (χ0n) is 15.1. The molecule has 2 amide bonds. The lowest BCUT2D eigenvalue weighted by molar-refractivity contribution is 0.135. The van der Waals surface area contributed by atoms with E-state index in [0.29, 0.717) is 5.56 Å². The van der Waals surface area contributed by atoms with E-state index in [-0.39, 0.29) is 24.4 Å². The van der Waals surface area contributed by atoms with Crippen LogP contribution in [0, 0.1) is 0 Å². The van der Waals surface area contributed by atoms with Gasteiger partial charge in [0, 0.05) is 31.7 Å². The molecule has 26 heavy (non-hydrogen) atoms. The molecule has 2 saturated heterocycles. The second-order valence-corrected chi connectivity index (χ2v) is 8.34. The Morgan fingerprint density at radius 2 is 1.81 bits per heavy atom. The van der Waals surface area contributed by atoms with Crippen molar-refractivity contribution in [3.05, 3.63) is 29.8 Å². The summed E-state index contributed by atoms with van der Waals surface area (Å²) < 4.78 is 0. The third kappa shape index (κ3) is 5.53. The molecule has 2 aliphatic heterocycles. The number of nitrogens with one attached hydrogen (secondary N) is 2. The van der Waals surface area contributed by atoms with Crippen molar-refractivity contribution < 1.29 is 15.0 Å². The average Bonchev–Trinajstić information content (AvgIpc) is 2.68. The molecule has 1 aromatic rings. The van der Waals surface area contributed by atoms with E-state index >= 15 is 0 Å². The van der Waals surface area contributed by atoms with Crippen molar-refractivity contribution in [1.82, 2.24) is 15.5 Å². The average molecular weight is 380 g/mol. The second-order valence-electron chi connectivity index (χ2n) is 7.12. The minimum Gasteiger partial charge on any atom is -0.508 e. The zero-order valence-corrected chi connectivity index (χ0v) is 15.9. The van der Waals surface area contributed by atoms with E-state index in [1.54, 1.807) is 12.1 Å². The largest absolute Gasteiger partial charge is 0.508 e. The van der Waals surface area contributed by atoms with Crippen LogP contribution in [0.3, 0.4) is 0 Å². The van der Waals surface area contributed by atoms with E-state index in [1.165, 1.54) is 36.5 Å². The Kier molecular flexibility index (Phi) is 7.05. The molecule has 0 aliphatic carbocycles. The number of thioether (sulfide) groups is 1. The molecule has 0 bridgehead atoms. The maximum Gasteiger partial charge on any atom is 0.315 e. The number of rotatable bonds is 5. The SMILES string of the molecule is O=C(NC[C@H](O)c1ccc(O)cc1)NC1CCN(C2CCSCC2)CC1. The fourth-order valence-corrected chi connectivity index (χ4v) is 4.78. The number of amides is 2. The lowest BCUT2D eigenvalue weighted by Gasteiger charge is -2.39. The first-order valence-corrected chi connectivity index (χ1v) is 10.6. The van der Waals surface area contributed by atoms with Gasteiger partial charge in [0.1, 0.15) is 5.75 Å². The quantitative estimate of drug-likeness (QED) is 0.630. The lowest BCUT2D eigenvalue weighted by atomic mass is 10.0. The van der Waals surface area contributed by atoms with Gasteiger partial charge in [0.05, 0.1) is 6.10 Å². The molecule has 2 fully saturated rings. The van der Waals surface area contributed by atoms with E-state index in [4.69, 9.17) is 0 Å². The van der Waals surface area contributed by atoms with E-state index in [2.05, 4.69) is 27.3 Å². The molecule has 0 radical (unpaired) electrons. The number of carbonyl (C=O) groups is 1. The van der Waals surface area contributed by atoms with Crippen molar-refractivity contribution in [3.63, 3.8) is 0 Å². The number of aliphatic hydroxyl groups excluding tert-OH is 1. The number of nitrogens with zero attached hydrogens (tertiary/aromatic N) is 1. The number of benzene rings is 1. The van der Waals surface area contributed by atoms with Crippen molar-refractivity contribution in [2.24, 2.45) is 0 Å². The molecule has 144 valence electrons. The van der Waals surface area contributed by atoms with Crippen LogP contribution in [0.4, 0.5) is 4.79 Å². The number of phenolic OH excluding ortho intramolecular Hbond substituents is 1. The molecule has 0 aromatic heterocycles. The van der Waals surface area contributed by atoms with Gasteiger partial charge in [0.25, 0.3) is 0 Å². The Labute approximate surface area is 159 Å². The van der Waals surface area contributed by atoms with Gasteiger partial charge in [0.15, 0.2) is 0 Å². The zero-order chi connectivity index (χ0) is 18.4. The number of aromatic hydroxyl groups is 1. The number of phenols is 1. The Bertz CT molecular complexity index is 570. The van der Waals surface area contributed by atoms with E-state index in [1.807, 2.05) is 0 Å². The topological polar surface area (TPSA) is 84.8 Å². The Balaban J connectivity index is 1.35. The molecule has 2 aliphatic rings. The Morgan fingerprint density at radius 3 is 2.46 bits per heavy atom. The van der Waals surface area contributed by atoms with E-state index in [9.17, 15) is 15.0 Å². The first-order valence-electron chi connectivity index (χ1n) is 9.45. The molecule has 2 heterocycles. The summed E-state index contributed by atoms with van der Waals surface area (Å²) in [6.45, 7) is 2.25. The standard InChI is InChI=1S/C19H29N3O3S/c23-17-3-1-14(2-4-17)18(24)13-20-19(25)21-15-5-9-22(10-6-15)16-7-11-26-12-8-16/h1-4,15-16,18,23-24H,5-13H2,(H2,20,21,25)/t18-/m0/s1. The van der Waals surface area contributed by atoms with Gasteiger partial charge in [-0.25, -0.2) is 4.79 Å². The van der Waals surface area contributed by atoms with Crippen LogP contribution in [0.25, 0.3) is 0 Å². The first kappa shape index (κ1) is 19.3. The molecule has 1 atom stereocenters. The van der Waals surface area contributed by atoms with Crippen molar-refractivity contribution in [3.8, 4) is 5.75 Å². The molecule has 7 heteroatoms. The van der Waals surface area contributed by atoms with Gasteiger partial charge >= 0.3 is 6.03 Å². The minimum absolute atomic E-state index is 0.148. The highest BCUT2D eigenvalue weighted by Crippen LogP contribution is 2.24. The van der Waals surface area contributed by atoms with Gasteiger partial charge in [-0.15, -0.1) is 0 Å². The summed E-state index contributed by atoms with van der Waals surface area (Å²) in [6.07, 6.45) is 3.76. The fraction of sp³-hybridized carbons (Fsp3) is 0.632. The maximum atomic E-state index is 12.1. The lowest BCUT2D eigenvalue weighted by Crippen LogP contribution is -2.51. The van der Waals surface area contributed by atoms with E-state index in [0.717, 1.165) is 32.0 Å². The number of piperidine rings is 1. The predicted molar refractivity (Wildman–Crippen MR) is 105 cm³/mol. The second kappa shape index (κ2) is 9.48. The van der Waals surface area contributed by atoms with Crippen LogP contribution < -0.4 is 10.6 Å². The monoisotopic (exact) mass is 379 g/mol. The highest BCUT2D eigenvalue weighted by molar-refractivity contribution is 7.99. The normalized spacial score (nSPS) is 21.3. The summed E-state index contributed by atoms with van der Waals surface area (Å²) in [5, 5.41) is 25.2. The smallest absolute Gasteiger partial charge is 0.315 e. The van der Waals surface area contributed by atoms with Crippen LogP contribution in [0.15, 0.2) is 24.3 Å². The Morgan fingerprint density at radius 1 is 1.15 bits per heavy atom. The Hall–Kier alpha value is -1.44. The molecule has 4 N–H and O–H groups in total. The predicted octanol–water partition coefficient (Wildman–Crippen LogP) is 2.08. The first-order chi connectivity index (χ1) is 12.6. The summed E-state index contributed by atoms with van der Waals surface area (Å²) in [6, 6.07) is 7.06. The minimum atomic E-state index is -0.785. The molecule has 3 rings (SSSR count). The number of carbonyl (C=O) groups excluding carboxylic acids is 1. The van der Waals surface area contributed by atoms with Crippen LogP contribution in [-0.4, -0.2) is 64.4 Å². The third-order valence-electron chi connectivity index (χ3n) is 5.31. The van der Waals surface area contributed by atoms with Crippen molar-refractivity contribution in [1.29, 1.82) is 0 Å². The van der Waals surface area contributed by atoms with Gasteiger partial charge < -0.3 is 25.7 Å². The van der Waals surface area contributed by atoms with Crippen molar-refractivity contribution >= 4 is 17.8 Å². The number of hydrogen-bond acceptors (Lipinski definition) is 5. The number of likely N-dealkylation sites (tertiary alicyclic amines) is 1. The van der Waals surface area contributed by atoms with Gasteiger partial charge in [-0.3, -0.25) is 0 Å². The highest BCUT2D eigenvalue weighted by atomic mass is 32.2. The summed E-state index contributed by atoms with van der Waals surface area (Å²) in [4.78, 5) is 14.7. The van der Waals surface area contributed by atoms with Crippen LogP contribution in [-0.2, 0) is 0 Å². The summed E-state index contributed by atoms with van der Waals surface area (Å²) >= 11 is 2.05. The fourth-order valence-electron chi connectivity index (χ4n) is 3.70. The molecule has 0 spiro atoms. The van der Waals surface area contributed by atoms with E-state index < -0.39 is 6.10 Å². The maximum absolute atomic E-state index is 12.1. The molecule has 6 nitrogen and oxygen atoms in total. The van der Waals surface area contributed by atoms with Crippen molar-refractivity contribution in [2.75, 3.05) is 31.1 Å². The van der Waals surface area contributed by atoms with Gasteiger partial charge in [-0.2, -0.15) is 11.8 Å². The van der Waals surface area contributed by atoms with Crippen LogP contribution in [0.2, 0.25) is 0 Å². The molecule has 0 unspecified atom stereocenters. The van der Waals surface area contributed by atoms with Crippen LogP contribution >= 0.6 is 11.8 Å².